The summed E-state index contributed by atoms with van der Waals surface area (Å²) in [5.41, 5.74) is 12.2. The average molecular weight is 1790 g/mol. The molecular weight excluding hydrogens is 1670 g/mol. The van der Waals surface area contributed by atoms with Crippen LogP contribution in [0.25, 0.3) is 0 Å². The van der Waals surface area contributed by atoms with Crippen LogP contribution in [0.5, 0.6) is 5.75 Å². The molecule has 0 bridgehead atoms. The lowest BCUT2D eigenvalue weighted by Gasteiger charge is -2.32. The van der Waals surface area contributed by atoms with E-state index in [0.29, 0.717) is 11.1 Å². The van der Waals surface area contributed by atoms with Gasteiger partial charge in [-0.1, -0.05) is 70.2 Å². The van der Waals surface area contributed by atoms with E-state index < -0.39 is 273 Å². The molecule has 3 rings (SSSR count). The lowest BCUT2D eigenvalue weighted by atomic mass is 9.99. The minimum atomic E-state index is -2.06. The number of phenols is 1. The van der Waals surface area contributed by atoms with E-state index in [0.717, 1.165) is 25.7 Å². The van der Waals surface area contributed by atoms with Crippen molar-refractivity contribution < 1.29 is 132 Å². The summed E-state index contributed by atoms with van der Waals surface area (Å²) in [5.74, 6) is -21.5. The number of hydrogen-bond donors (Lipinski definition) is 25. The number of aliphatic carboxylic acids is 2. The molecule has 45 nitrogen and oxygen atoms in total. The molecule has 1 heterocycles. The molecule has 46 heteroatoms. The average Bonchev–Trinajstić information content (AvgIpc) is 1.48. The van der Waals surface area contributed by atoms with Crippen LogP contribution in [0.4, 0.5) is 0 Å². The fourth-order valence-electron chi connectivity index (χ4n) is 12.7. The quantitative estimate of drug-likeness (QED) is 0.0274. The molecule has 2 aromatic carbocycles. The molecule has 1 saturated heterocycles. The van der Waals surface area contributed by atoms with Gasteiger partial charge in [-0.3, -0.25) is 86.3 Å². The molecule has 0 unspecified atom stereocenters. The van der Waals surface area contributed by atoms with E-state index in [9.17, 15) is 132 Å². The molecule has 0 saturated carbocycles. The molecule has 27 N–H and O–H groups in total. The lowest BCUT2D eigenvalue weighted by Crippen LogP contribution is -2.63. The number of likely N-dealkylation sites (tertiary alicyclic amines) is 1. The summed E-state index contributed by atoms with van der Waals surface area (Å²) in [6.45, 7) is 7.04. The first-order valence-electron chi connectivity index (χ1n) is 40.6. The number of nitrogens with zero attached hydrogens (tertiary/aromatic N) is 1. The molecule has 125 heavy (non-hydrogen) atoms. The number of hydrogen-bond acceptors (Lipinski definition) is 27. The van der Waals surface area contributed by atoms with Crippen molar-refractivity contribution in [2.24, 2.45) is 23.3 Å². The number of carboxylic acids is 2. The zero-order valence-electron chi connectivity index (χ0n) is 71.2. The molecule has 1 aliphatic heterocycles. The summed E-state index contributed by atoms with van der Waals surface area (Å²) >= 11 is 1.23. The van der Waals surface area contributed by atoms with Gasteiger partial charge in [0, 0.05) is 39.2 Å². The number of carbonyl (C=O) groups is 19. The van der Waals surface area contributed by atoms with Gasteiger partial charge in [-0.2, -0.15) is 11.8 Å². The van der Waals surface area contributed by atoms with Gasteiger partial charge in [0.05, 0.1) is 44.6 Å². The van der Waals surface area contributed by atoms with Crippen LogP contribution in [0.1, 0.15) is 137 Å². The number of thioether (sulfide) groups is 1. The summed E-state index contributed by atoms with van der Waals surface area (Å²) in [4.78, 5) is 258. The van der Waals surface area contributed by atoms with Crippen molar-refractivity contribution in [3.8, 4) is 5.75 Å². The predicted octanol–water partition coefficient (Wildman–Crippen LogP) is -8.35. The van der Waals surface area contributed by atoms with Gasteiger partial charge in [-0.05, 0) is 132 Å². The predicted molar refractivity (Wildman–Crippen MR) is 446 cm³/mol. The van der Waals surface area contributed by atoms with Gasteiger partial charge < -0.3 is 137 Å². The van der Waals surface area contributed by atoms with Crippen molar-refractivity contribution in [3.63, 3.8) is 0 Å². The van der Waals surface area contributed by atoms with E-state index in [1.807, 2.05) is 0 Å². The Morgan fingerprint density at radius 3 is 1.39 bits per heavy atom. The number of nitrogens with one attached hydrogen (secondary N) is 15. The number of carboxylic acid groups (broad SMARTS) is 2. The fraction of sp³-hybridized carbons (Fsp3) is 0.608. The zero-order valence-corrected chi connectivity index (χ0v) is 72.0. The van der Waals surface area contributed by atoms with Crippen molar-refractivity contribution in [1.29, 1.82) is 0 Å². The van der Waals surface area contributed by atoms with Crippen LogP contribution in [0.2, 0.25) is 0 Å². The molecule has 1 fully saturated rings. The maximum atomic E-state index is 14.4. The Balaban J connectivity index is 1.82. The first kappa shape index (κ1) is 107. The van der Waals surface area contributed by atoms with Gasteiger partial charge in [0.2, 0.25) is 100 Å². The Bertz CT molecular complexity index is 4010. The van der Waals surface area contributed by atoms with Crippen LogP contribution in [0, 0.1) is 11.8 Å². The number of aliphatic hydroxyl groups excluding tert-OH is 5. The number of aromatic hydroxyl groups is 1. The molecular formula is C79H122N18O27S. The van der Waals surface area contributed by atoms with Gasteiger partial charge in [0.15, 0.2) is 6.04 Å². The van der Waals surface area contributed by atoms with Gasteiger partial charge in [0.1, 0.15) is 84.3 Å². The Morgan fingerprint density at radius 1 is 0.464 bits per heavy atom. The molecule has 2 aromatic rings. The van der Waals surface area contributed by atoms with Crippen molar-refractivity contribution in [1.82, 2.24) is 84.7 Å². The van der Waals surface area contributed by atoms with Gasteiger partial charge in [0.25, 0.3) is 0 Å². The number of nitrogens with two attached hydrogens (primary N) is 2. The third-order valence-electron chi connectivity index (χ3n) is 19.5. The van der Waals surface area contributed by atoms with Crippen LogP contribution in [-0.2, 0) is 104 Å². The molecule has 17 amide bonds. The first-order valence-corrected chi connectivity index (χ1v) is 42.0. The van der Waals surface area contributed by atoms with Crippen molar-refractivity contribution in [2.75, 3.05) is 51.4 Å². The van der Waals surface area contributed by atoms with Gasteiger partial charge in [-0.25, -0.2) is 4.79 Å². The highest BCUT2D eigenvalue weighted by Gasteiger charge is 2.44. The maximum Gasteiger partial charge on any atom is 0.328 e. The highest BCUT2D eigenvalue weighted by Crippen LogP contribution is 2.22. The SMILES string of the molecule is CSCC[C@H](NC(=O)[C@H](Cc1ccccc1)NC(=O)CNC(=O)CNC(=O)[C@H](Cc1ccc(O)cc1)NC(C)=O)C(=O)N[C@H](C(=O)N[C@@H](CO)C(=O)N[C@@H](CCC(=O)O)C(=O)N[C@@H](CCCCN)C(=O)N[C@@H](CO)C(=O)N[C@@H](CCC(N)=O)C(=O)N[C@H](C(=O)N1CCC[C@H]1C(=O)N[C@@H](CC(C)C)C(=O)N[C@H](C(=O)N[C@H](C(=O)O)[C@@H](C)O)C(C)C)[C@@H](C)O)[C@@H](C)O. The van der Waals surface area contributed by atoms with E-state index in [2.05, 4.69) is 79.8 Å². The molecule has 0 spiro atoms. The molecule has 696 valence electrons. The van der Waals surface area contributed by atoms with Crippen LogP contribution in [0.15, 0.2) is 54.6 Å². The highest BCUT2D eigenvalue weighted by atomic mass is 32.2. The van der Waals surface area contributed by atoms with Gasteiger partial charge >= 0.3 is 11.9 Å². The second-order valence-corrected chi connectivity index (χ2v) is 31.8. The third kappa shape index (κ3) is 38.1. The summed E-state index contributed by atoms with van der Waals surface area (Å²) in [6, 6.07) is -9.35. The maximum absolute atomic E-state index is 14.4. The van der Waals surface area contributed by atoms with Crippen LogP contribution in [-0.4, -0.2) is 312 Å². The zero-order chi connectivity index (χ0) is 94.1. The Labute approximate surface area is 725 Å². The summed E-state index contributed by atoms with van der Waals surface area (Å²) in [5, 5.41) is 117. The number of carbonyl (C=O) groups excluding carboxylic acids is 17. The number of phenolic OH excluding ortho intramolecular Hbond substituents is 1. The third-order valence-corrected chi connectivity index (χ3v) is 20.1. The second-order valence-electron chi connectivity index (χ2n) is 30.8. The number of rotatable bonds is 56. The topological polar surface area (TPSA) is 722 Å². The molecule has 17 atom stereocenters. The summed E-state index contributed by atoms with van der Waals surface area (Å²) < 4.78 is 0. The number of unbranched alkanes of at least 4 members (excludes halogenated alkanes) is 1. The van der Waals surface area contributed by atoms with Gasteiger partial charge in [-0.15, -0.1) is 0 Å². The highest BCUT2D eigenvalue weighted by molar-refractivity contribution is 7.98. The second kappa shape index (κ2) is 54.8. The van der Waals surface area contributed by atoms with Crippen LogP contribution in [0.3, 0.4) is 0 Å². The number of primary amides is 1. The summed E-state index contributed by atoms with van der Waals surface area (Å²) in [6.07, 6.45) is -6.46. The Morgan fingerprint density at radius 2 is 0.904 bits per heavy atom. The number of aliphatic hydroxyl groups is 5. The molecule has 0 radical (unpaired) electrons. The van der Waals surface area contributed by atoms with E-state index in [1.54, 1.807) is 64.3 Å². The van der Waals surface area contributed by atoms with Crippen molar-refractivity contribution in [3.05, 3.63) is 65.7 Å². The normalized spacial score (nSPS) is 16.2. The van der Waals surface area contributed by atoms with E-state index in [-0.39, 0.29) is 88.3 Å². The monoisotopic (exact) mass is 1790 g/mol. The smallest absolute Gasteiger partial charge is 0.328 e. The number of benzene rings is 2. The van der Waals surface area contributed by atoms with Crippen molar-refractivity contribution >= 4 is 124 Å². The molecule has 1 aliphatic rings. The first-order chi connectivity index (χ1) is 58.9. The largest absolute Gasteiger partial charge is 0.508 e. The van der Waals surface area contributed by atoms with E-state index in [4.69, 9.17) is 11.5 Å². The fourth-order valence-corrected chi connectivity index (χ4v) is 13.2. The van der Waals surface area contributed by atoms with Crippen LogP contribution >= 0.6 is 11.8 Å². The summed E-state index contributed by atoms with van der Waals surface area (Å²) in [7, 11) is 0. The van der Waals surface area contributed by atoms with Crippen molar-refractivity contribution in [2.45, 2.75) is 242 Å². The Hall–Kier alpha value is -11.7. The standard InChI is InChI=1S/C79H122N18O27S/c1-39(2)32-52(72(116)93-62(40(3)4)76(120)96-65(43(7)102)79(123)124)90-75(119)57-19-15-30-97(57)78(122)64(42(6)101)95-69(113)49(24-26-58(81)105)87-73(117)55(37-98)91-67(111)48(18-13-14-29-80)86-68(112)50(25-27-61(108)109)88-74(118)56(38-99)92-77(121)63(41(5)100)94-70(114)51(28-31-125-9)89-71(115)54(33-45-16-11-10-12-17-45)85-60(107)36-82-59(106)35-83-66(110)53(84-44(8)103)34-46-20-22-47(104)23-21-46/h10-12,16-17,20-23,39-43,48-57,62-65,98-102,104H,13-15,18-19,24-38,80H2,1-9H3,(H2,81,105)(H,82,106)(H,83,110)(H,84,103)(H,85,107)(H,86,112)(H,87,117)(H,88,118)(H,89,115)(H,90,119)(H,91,111)(H,92,121)(H,93,116)(H,94,114)(H,95,113)(H,96,120)(H,108,109)(H,123,124)/t41-,42-,43-,48+,49+,50+,51+,52+,53+,54+,55+,56+,57+,62+,63+,64+,65+/m1/s1. The van der Waals surface area contributed by atoms with E-state index in [1.165, 1.54) is 43.0 Å². The molecule has 0 aromatic heterocycles. The van der Waals surface area contributed by atoms with Crippen LogP contribution < -0.4 is 91.2 Å². The molecule has 0 aliphatic carbocycles. The lowest BCUT2D eigenvalue weighted by molar-refractivity contribution is -0.145. The Kier molecular flexibility index (Phi) is 47.1. The number of amides is 17. The minimum Gasteiger partial charge on any atom is -0.508 e. The van der Waals surface area contributed by atoms with E-state index >= 15 is 0 Å². The minimum absolute atomic E-state index is 0.0000342.